The van der Waals surface area contributed by atoms with E-state index in [-0.39, 0.29) is 17.9 Å². The first kappa shape index (κ1) is 16.8. The maximum Gasteiger partial charge on any atom is 0.276 e. The Hall–Kier alpha value is -0.170. The Balaban J connectivity index is 4.07. The lowest BCUT2D eigenvalue weighted by Crippen LogP contribution is -2.42. The SMILES string of the molecule is CC(C)CNS(=O)(=O)NCC(C)(C)CCCO. The van der Waals surface area contributed by atoms with E-state index in [1.807, 2.05) is 27.7 Å². The second kappa shape index (κ2) is 7.31. The normalized spacial score (nSPS) is 13.3. The highest BCUT2D eigenvalue weighted by atomic mass is 32.2. The van der Waals surface area contributed by atoms with Crippen molar-refractivity contribution in [1.82, 2.24) is 9.44 Å². The zero-order valence-corrected chi connectivity index (χ0v) is 12.1. The first-order valence-electron chi connectivity index (χ1n) is 6.03. The van der Waals surface area contributed by atoms with Gasteiger partial charge in [-0.2, -0.15) is 8.42 Å². The summed E-state index contributed by atoms with van der Waals surface area (Å²) in [6.45, 7) is 8.82. The van der Waals surface area contributed by atoms with E-state index >= 15 is 0 Å². The van der Waals surface area contributed by atoms with Crippen molar-refractivity contribution >= 4 is 10.2 Å². The highest BCUT2D eigenvalue weighted by molar-refractivity contribution is 7.87. The molecule has 0 aromatic carbocycles. The molecule has 3 N–H and O–H groups in total. The monoisotopic (exact) mass is 266 g/mol. The number of aliphatic hydroxyl groups is 1. The van der Waals surface area contributed by atoms with Crippen LogP contribution in [0.5, 0.6) is 0 Å². The maximum atomic E-state index is 11.6. The first-order chi connectivity index (χ1) is 7.68. The van der Waals surface area contributed by atoms with E-state index in [9.17, 15) is 8.42 Å². The Bertz CT molecular complexity index is 300. The second-order valence-corrected chi connectivity index (χ2v) is 7.14. The zero-order chi connectivity index (χ0) is 13.5. The number of aliphatic hydroxyl groups excluding tert-OH is 1. The molecule has 0 aliphatic rings. The minimum atomic E-state index is -3.40. The van der Waals surface area contributed by atoms with Gasteiger partial charge in [0.1, 0.15) is 0 Å². The van der Waals surface area contributed by atoms with Gasteiger partial charge in [-0.05, 0) is 24.2 Å². The lowest BCUT2D eigenvalue weighted by Gasteiger charge is -2.24. The van der Waals surface area contributed by atoms with Crippen LogP contribution in [0.1, 0.15) is 40.5 Å². The van der Waals surface area contributed by atoms with Gasteiger partial charge in [0.15, 0.2) is 0 Å². The molecule has 17 heavy (non-hydrogen) atoms. The van der Waals surface area contributed by atoms with Crippen LogP contribution >= 0.6 is 0 Å². The molecule has 0 amide bonds. The minimum absolute atomic E-state index is 0.141. The molecule has 6 heteroatoms. The third-order valence-electron chi connectivity index (χ3n) is 2.43. The summed E-state index contributed by atoms with van der Waals surface area (Å²) in [5.74, 6) is 0.286. The van der Waals surface area contributed by atoms with Crippen LogP contribution in [0.25, 0.3) is 0 Å². The predicted molar refractivity (Wildman–Crippen MR) is 69.9 cm³/mol. The third-order valence-corrected chi connectivity index (χ3v) is 3.51. The molecule has 0 heterocycles. The molecule has 0 aliphatic heterocycles. The van der Waals surface area contributed by atoms with Gasteiger partial charge in [0.2, 0.25) is 0 Å². The Morgan fingerprint density at radius 1 is 1.24 bits per heavy atom. The van der Waals surface area contributed by atoms with Crippen molar-refractivity contribution in [2.45, 2.75) is 40.5 Å². The van der Waals surface area contributed by atoms with Gasteiger partial charge >= 0.3 is 0 Å². The predicted octanol–water partition coefficient (Wildman–Crippen LogP) is 0.865. The van der Waals surface area contributed by atoms with Crippen molar-refractivity contribution in [3.63, 3.8) is 0 Å². The van der Waals surface area contributed by atoms with Gasteiger partial charge in [-0.1, -0.05) is 27.7 Å². The summed E-state index contributed by atoms with van der Waals surface area (Å²) < 4.78 is 28.2. The lowest BCUT2D eigenvalue weighted by atomic mass is 9.88. The van der Waals surface area contributed by atoms with Gasteiger partial charge < -0.3 is 5.11 Å². The molecule has 5 nitrogen and oxygen atoms in total. The largest absolute Gasteiger partial charge is 0.396 e. The summed E-state index contributed by atoms with van der Waals surface area (Å²) in [6, 6.07) is 0. The summed E-state index contributed by atoms with van der Waals surface area (Å²) >= 11 is 0. The Morgan fingerprint density at radius 3 is 2.29 bits per heavy atom. The van der Waals surface area contributed by atoms with E-state index in [1.54, 1.807) is 0 Å². The van der Waals surface area contributed by atoms with Crippen LogP contribution in [0.4, 0.5) is 0 Å². The minimum Gasteiger partial charge on any atom is -0.396 e. The molecular weight excluding hydrogens is 240 g/mol. The molecule has 0 aliphatic carbocycles. The highest BCUT2D eigenvalue weighted by Gasteiger charge is 2.20. The fraction of sp³-hybridized carbons (Fsp3) is 1.00. The summed E-state index contributed by atoms with van der Waals surface area (Å²) in [7, 11) is -3.40. The molecule has 0 aromatic heterocycles. The van der Waals surface area contributed by atoms with Gasteiger partial charge in [0.05, 0.1) is 0 Å². The molecule has 0 bridgehead atoms. The van der Waals surface area contributed by atoms with E-state index < -0.39 is 10.2 Å². The first-order valence-corrected chi connectivity index (χ1v) is 7.52. The van der Waals surface area contributed by atoms with Gasteiger partial charge in [-0.15, -0.1) is 0 Å². The van der Waals surface area contributed by atoms with Crippen molar-refractivity contribution < 1.29 is 13.5 Å². The van der Waals surface area contributed by atoms with Gasteiger partial charge in [-0.25, -0.2) is 9.44 Å². The molecule has 0 unspecified atom stereocenters. The zero-order valence-electron chi connectivity index (χ0n) is 11.3. The molecule has 0 radical (unpaired) electrons. The van der Waals surface area contributed by atoms with Crippen molar-refractivity contribution in [2.24, 2.45) is 11.3 Å². The number of rotatable bonds is 9. The lowest BCUT2D eigenvalue weighted by molar-refractivity contribution is 0.242. The van der Waals surface area contributed by atoms with Crippen molar-refractivity contribution in [3.05, 3.63) is 0 Å². The maximum absolute atomic E-state index is 11.6. The fourth-order valence-corrected chi connectivity index (χ4v) is 2.50. The van der Waals surface area contributed by atoms with Crippen molar-refractivity contribution in [3.8, 4) is 0 Å². The van der Waals surface area contributed by atoms with Crippen LogP contribution in [-0.4, -0.2) is 33.2 Å². The van der Waals surface area contributed by atoms with Gasteiger partial charge in [0.25, 0.3) is 10.2 Å². The van der Waals surface area contributed by atoms with Crippen LogP contribution in [0.15, 0.2) is 0 Å². The third kappa shape index (κ3) is 9.52. The van der Waals surface area contributed by atoms with Crippen LogP contribution in [0.2, 0.25) is 0 Å². The van der Waals surface area contributed by atoms with E-state index in [4.69, 9.17) is 5.11 Å². The van der Waals surface area contributed by atoms with Crippen LogP contribution in [0, 0.1) is 11.3 Å². The average molecular weight is 266 g/mol. The molecule has 104 valence electrons. The summed E-state index contributed by atoms with van der Waals surface area (Å²) in [5.41, 5.74) is -0.144. The average Bonchev–Trinajstić information content (AvgIpc) is 2.22. The Kier molecular flexibility index (Phi) is 7.23. The van der Waals surface area contributed by atoms with E-state index in [1.165, 1.54) is 0 Å². The van der Waals surface area contributed by atoms with Gasteiger partial charge in [-0.3, -0.25) is 0 Å². The number of hydrogen-bond donors (Lipinski definition) is 3. The Labute approximate surface area is 105 Å². The Morgan fingerprint density at radius 2 is 1.82 bits per heavy atom. The smallest absolute Gasteiger partial charge is 0.276 e. The summed E-state index contributed by atoms with van der Waals surface area (Å²) in [5, 5.41) is 8.75. The van der Waals surface area contributed by atoms with Gasteiger partial charge in [0, 0.05) is 19.7 Å². The molecule has 0 fully saturated rings. The highest BCUT2D eigenvalue weighted by Crippen LogP contribution is 2.20. The quantitative estimate of drug-likeness (QED) is 0.579. The topological polar surface area (TPSA) is 78.4 Å². The number of nitrogens with one attached hydrogen (secondary N) is 2. The fourth-order valence-electron chi connectivity index (χ4n) is 1.26. The van der Waals surface area contributed by atoms with E-state index in [0.717, 1.165) is 6.42 Å². The van der Waals surface area contributed by atoms with Crippen LogP contribution < -0.4 is 9.44 Å². The molecular formula is C11H26N2O3S. The van der Waals surface area contributed by atoms with E-state index in [0.29, 0.717) is 19.5 Å². The van der Waals surface area contributed by atoms with Crippen LogP contribution in [0.3, 0.4) is 0 Å². The molecule has 0 atom stereocenters. The number of hydrogen-bond acceptors (Lipinski definition) is 3. The van der Waals surface area contributed by atoms with Crippen LogP contribution in [-0.2, 0) is 10.2 Å². The van der Waals surface area contributed by atoms with E-state index in [2.05, 4.69) is 9.44 Å². The molecule has 0 saturated carbocycles. The standard InChI is InChI=1S/C11H26N2O3S/c1-10(2)8-12-17(15,16)13-9-11(3,4)6-5-7-14/h10,12-14H,5-9H2,1-4H3. The molecule has 0 spiro atoms. The van der Waals surface area contributed by atoms with Crippen molar-refractivity contribution in [2.75, 3.05) is 19.7 Å². The molecule has 0 rings (SSSR count). The second-order valence-electron chi connectivity index (χ2n) is 5.56. The van der Waals surface area contributed by atoms with Crippen molar-refractivity contribution in [1.29, 1.82) is 0 Å². The molecule has 0 saturated heterocycles. The summed E-state index contributed by atoms with van der Waals surface area (Å²) in [4.78, 5) is 0. The summed E-state index contributed by atoms with van der Waals surface area (Å²) in [6.07, 6.45) is 1.48. The molecule has 0 aromatic rings.